The van der Waals surface area contributed by atoms with Crippen molar-refractivity contribution < 1.29 is 4.79 Å². The molecule has 0 saturated carbocycles. The predicted octanol–water partition coefficient (Wildman–Crippen LogP) is 3.05. The molecule has 0 aliphatic carbocycles. The number of thioether (sulfide) groups is 1. The maximum absolute atomic E-state index is 12.0. The third kappa shape index (κ3) is 5.18. The molecule has 22 heavy (non-hydrogen) atoms. The summed E-state index contributed by atoms with van der Waals surface area (Å²) >= 11 is 1.84. The molecule has 1 N–H and O–H groups in total. The fourth-order valence-corrected chi connectivity index (χ4v) is 2.91. The van der Waals surface area contributed by atoms with Gasteiger partial charge in [0, 0.05) is 16.6 Å². The highest BCUT2D eigenvalue weighted by atomic mass is 32.2. The maximum atomic E-state index is 12.0. The van der Waals surface area contributed by atoms with Crippen molar-refractivity contribution in [2.45, 2.75) is 49.9 Å². The highest BCUT2D eigenvalue weighted by molar-refractivity contribution is 7.99. The standard InChI is InChI=1S/C16H22N4OS/c1-12(2)22-15-6-4-14(5-7-15)13(3)19-16(21)8-9-20-11-17-10-18-20/h4-7,10-13H,8-9H2,1-3H3,(H,19,21)/t13-/m1/s1. The molecule has 6 heteroatoms. The number of amides is 1. The molecule has 1 atom stereocenters. The molecule has 0 aliphatic heterocycles. The molecule has 0 aliphatic rings. The van der Waals surface area contributed by atoms with Crippen molar-refractivity contribution in [3.05, 3.63) is 42.5 Å². The number of rotatable bonds is 7. The molecule has 1 aromatic carbocycles. The second-order valence-electron chi connectivity index (χ2n) is 5.43. The van der Waals surface area contributed by atoms with Gasteiger partial charge in [0.2, 0.25) is 5.91 Å². The molecule has 0 fully saturated rings. The molecule has 2 rings (SSSR count). The minimum absolute atomic E-state index is 0.00125. The van der Waals surface area contributed by atoms with Crippen LogP contribution in [0.5, 0.6) is 0 Å². The summed E-state index contributed by atoms with van der Waals surface area (Å²) in [6.45, 7) is 6.90. The predicted molar refractivity (Wildman–Crippen MR) is 88.6 cm³/mol. The number of nitrogens with zero attached hydrogens (tertiary/aromatic N) is 3. The zero-order valence-corrected chi connectivity index (χ0v) is 14.0. The van der Waals surface area contributed by atoms with E-state index in [1.54, 1.807) is 11.0 Å². The Bertz CT molecular complexity index is 581. The first kappa shape index (κ1) is 16.5. The molecule has 0 saturated heterocycles. The van der Waals surface area contributed by atoms with Gasteiger partial charge in [-0.1, -0.05) is 26.0 Å². The fourth-order valence-electron chi connectivity index (χ4n) is 2.07. The largest absolute Gasteiger partial charge is 0.350 e. The quantitative estimate of drug-likeness (QED) is 0.797. The van der Waals surface area contributed by atoms with Crippen LogP contribution in [-0.2, 0) is 11.3 Å². The molecular weight excluding hydrogens is 296 g/mol. The molecule has 0 spiro atoms. The highest BCUT2D eigenvalue weighted by Gasteiger charge is 2.10. The van der Waals surface area contributed by atoms with E-state index in [-0.39, 0.29) is 11.9 Å². The molecule has 1 aromatic heterocycles. The number of hydrogen-bond acceptors (Lipinski definition) is 4. The summed E-state index contributed by atoms with van der Waals surface area (Å²) in [6.07, 6.45) is 3.48. The monoisotopic (exact) mass is 318 g/mol. The van der Waals surface area contributed by atoms with Crippen molar-refractivity contribution in [2.24, 2.45) is 0 Å². The highest BCUT2D eigenvalue weighted by Crippen LogP contribution is 2.24. The van der Waals surface area contributed by atoms with Gasteiger partial charge in [-0.3, -0.25) is 9.48 Å². The first-order chi connectivity index (χ1) is 10.5. The molecule has 1 amide bonds. The van der Waals surface area contributed by atoms with Gasteiger partial charge in [-0.2, -0.15) is 5.10 Å². The summed E-state index contributed by atoms with van der Waals surface area (Å²) in [4.78, 5) is 17.1. The third-order valence-electron chi connectivity index (χ3n) is 3.16. The zero-order valence-electron chi connectivity index (χ0n) is 13.2. The van der Waals surface area contributed by atoms with Crippen LogP contribution in [0.4, 0.5) is 0 Å². The van der Waals surface area contributed by atoms with Gasteiger partial charge in [0.25, 0.3) is 0 Å². The van der Waals surface area contributed by atoms with Crippen LogP contribution in [0.15, 0.2) is 41.8 Å². The number of hydrogen-bond donors (Lipinski definition) is 1. The lowest BCUT2D eigenvalue weighted by Crippen LogP contribution is -2.27. The number of nitrogens with one attached hydrogen (secondary N) is 1. The van der Waals surface area contributed by atoms with E-state index in [9.17, 15) is 4.79 Å². The Hall–Kier alpha value is -1.82. The number of benzene rings is 1. The lowest BCUT2D eigenvalue weighted by Gasteiger charge is -2.15. The molecule has 1 heterocycles. The molecule has 0 radical (unpaired) electrons. The summed E-state index contributed by atoms with van der Waals surface area (Å²) < 4.78 is 1.65. The average molecular weight is 318 g/mol. The van der Waals surface area contributed by atoms with Crippen LogP contribution in [0.2, 0.25) is 0 Å². The summed E-state index contributed by atoms with van der Waals surface area (Å²) in [5.74, 6) is 0.0173. The van der Waals surface area contributed by atoms with E-state index < -0.39 is 0 Å². The molecule has 0 unspecified atom stereocenters. The van der Waals surface area contributed by atoms with E-state index in [1.165, 1.54) is 11.2 Å². The number of aryl methyl sites for hydroxylation is 1. The normalized spacial score (nSPS) is 12.4. The molecular formula is C16H22N4OS. The molecule has 5 nitrogen and oxygen atoms in total. The molecule has 118 valence electrons. The second kappa shape index (κ2) is 7.98. The lowest BCUT2D eigenvalue weighted by atomic mass is 10.1. The van der Waals surface area contributed by atoms with Crippen LogP contribution >= 0.6 is 11.8 Å². The van der Waals surface area contributed by atoms with Gasteiger partial charge >= 0.3 is 0 Å². The number of carbonyl (C=O) groups is 1. The van der Waals surface area contributed by atoms with Gasteiger partial charge < -0.3 is 5.32 Å². The van der Waals surface area contributed by atoms with Crippen molar-refractivity contribution in [1.29, 1.82) is 0 Å². The first-order valence-corrected chi connectivity index (χ1v) is 8.31. The van der Waals surface area contributed by atoms with E-state index >= 15 is 0 Å². The Labute approximate surface area is 135 Å². The van der Waals surface area contributed by atoms with Crippen molar-refractivity contribution in [3.8, 4) is 0 Å². The molecule has 0 bridgehead atoms. The Morgan fingerprint density at radius 2 is 2.00 bits per heavy atom. The van der Waals surface area contributed by atoms with Crippen molar-refractivity contribution in [1.82, 2.24) is 20.1 Å². The first-order valence-electron chi connectivity index (χ1n) is 7.43. The minimum atomic E-state index is 0.00125. The Balaban J connectivity index is 1.83. The fraction of sp³-hybridized carbons (Fsp3) is 0.438. The van der Waals surface area contributed by atoms with E-state index in [2.05, 4.69) is 53.5 Å². The summed E-state index contributed by atoms with van der Waals surface area (Å²) in [5, 5.41) is 7.56. The van der Waals surface area contributed by atoms with Gasteiger partial charge in [0.05, 0.1) is 12.6 Å². The van der Waals surface area contributed by atoms with Crippen molar-refractivity contribution in [3.63, 3.8) is 0 Å². The number of aromatic nitrogens is 3. The average Bonchev–Trinajstić information content (AvgIpc) is 2.98. The SMILES string of the molecule is CC(C)Sc1ccc([C@@H](C)NC(=O)CCn2cncn2)cc1. The summed E-state index contributed by atoms with van der Waals surface area (Å²) in [5.41, 5.74) is 1.11. The summed E-state index contributed by atoms with van der Waals surface area (Å²) in [6, 6.07) is 8.37. The van der Waals surface area contributed by atoms with Crippen LogP contribution in [0.25, 0.3) is 0 Å². The van der Waals surface area contributed by atoms with Crippen molar-refractivity contribution in [2.75, 3.05) is 0 Å². The topological polar surface area (TPSA) is 59.8 Å². The maximum Gasteiger partial charge on any atom is 0.222 e. The van der Waals surface area contributed by atoms with E-state index in [0.717, 1.165) is 5.56 Å². The minimum Gasteiger partial charge on any atom is -0.350 e. The van der Waals surface area contributed by atoms with Crippen molar-refractivity contribution >= 4 is 17.7 Å². The Morgan fingerprint density at radius 3 is 2.59 bits per heavy atom. The Morgan fingerprint density at radius 1 is 1.27 bits per heavy atom. The van der Waals surface area contributed by atoms with E-state index in [0.29, 0.717) is 18.2 Å². The van der Waals surface area contributed by atoms with E-state index in [4.69, 9.17) is 0 Å². The third-order valence-corrected chi connectivity index (χ3v) is 4.18. The second-order valence-corrected chi connectivity index (χ2v) is 7.08. The van der Waals surface area contributed by atoms with E-state index in [1.807, 2.05) is 18.7 Å². The lowest BCUT2D eigenvalue weighted by molar-refractivity contribution is -0.122. The van der Waals surface area contributed by atoms with Gasteiger partial charge in [-0.05, 0) is 24.6 Å². The smallest absolute Gasteiger partial charge is 0.222 e. The van der Waals surface area contributed by atoms with Gasteiger partial charge in [0.15, 0.2) is 0 Å². The summed E-state index contributed by atoms with van der Waals surface area (Å²) in [7, 11) is 0. The van der Waals surface area contributed by atoms with Gasteiger partial charge in [0.1, 0.15) is 12.7 Å². The van der Waals surface area contributed by atoms with Crippen LogP contribution in [0.1, 0.15) is 38.8 Å². The molecule has 2 aromatic rings. The van der Waals surface area contributed by atoms with Gasteiger partial charge in [-0.25, -0.2) is 4.98 Å². The number of carbonyl (C=O) groups excluding carboxylic acids is 1. The van der Waals surface area contributed by atoms with Crippen LogP contribution in [-0.4, -0.2) is 25.9 Å². The van der Waals surface area contributed by atoms with Gasteiger partial charge in [-0.15, -0.1) is 11.8 Å². The Kier molecular flexibility index (Phi) is 6.00. The zero-order chi connectivity index (χ0) is 15.9. The van der Waals surface area contributed by atoms with Crippen LogP contribution in [0, 0.1) is 0 Å². The van der Waals surface area contributed by atoms with Crippen LogP contribution in [0.3, 0.4) is 0 Å². The van der Waals surface area contributed by atoms with Crippen LogP contribution < -0.4 is 5.32 Å².